The number of fused-ring (bicyclic) bond motifs is 1. The van der Waals surface area contributed by atoms with Crippen molar-refractivity contribution in [2.75, 3.05) is 0 Å². The zero-order valence-electron chi connectivity index (χ0n) is 14.9. The van der Waals surface area contributed by atoms with E-state index in [1.165, 1.54) is 80.0 Å². The Labute approximate surface area is 150 Å². The van der Waals surface area contributed by atoms with Gasteiger partial charge in [0.1, 0.15) is 0 Å². The maximum atomic E-state index is 2.48. The molecule has 0 N–H and O–H groups in total. The van der Waals surface area contributed by atoms with Crippen molar-refractivity contribution in [3.8, 4) is 0 Å². The third-order valence-corrected chi connectivity index (χ3v) is 7.95. The lowest BCUT2D eigenvalue weighted by molar-refractivity contribution is 0.250. The van der Waals surface area contributed by atoms with Gasteiger partial charge in [-0.15, -0.1) is 22.7 Å². The molecule has 0 aliphatic heterocycles. The molecule has 0 saturated heterocycles. The van der Waals surface area contributed by atoms with Gasteiger partial charge in [0.25, 0.3) is 0 Å². The van der Waals surface area contributed by atoms with Gasteiger partial charge < -0.3 is 0 Å². The van der Waals surface area contributed by atoms with Crippen LogP contribution in [0.1, 0.15) is 81.4 Å². The van der Waals surface area contributed by atoms with Gasteiger partial charge in [-0.2, -0.15) is 0 Å². The van der Waals surface area contributed by atoms with Gasteiger partial charge in [0.05, 0.1) is 0 Å². The largest absolute Gasteiger partial charge is 0.139 e. The summed E-state index contributed by atoms with van der Waals surface area (Å²) in [6, 6.07) is 4.92. The summed E-state index contributed by atoms with van der Waals surface area (Å²) < 4.78 is 3.08. The van der Waals surface area contributed by atoms with Crippen molar-refractivity contribution < 1.29 is 0 Å². The van der Waals surface area contributed by atoms with E-state index in [1.54, 1.807) is 9.75 Å². The summed E-state index contributed by atoms with van der Waals surface area (Å²) in [6.45, 7) is 4.60. The summed E-state index contributed by atoms with van der Waals surface area (Å²) in [5.41, 5.74) is 0. The van der Waals surface area contributed by atoms with E-state index in [2.05, 4.69) is 37.3 Å². The molecule has 0 nitrogen and oxygen atoms in total. The van der Waals surface area contributed by atoms with Gasteiger partial charge >= 0.3 is 0 Å². The number of unbranched alkanes of at least 4 members (excludes halogenated alkanes) is 1. The lowest BCUT2D eigenvalue weighted by Gasteiger charge is -2.28. The Morgan fingerprint density at radius 1 is 0.783 bits per heavy atom. The van der Waals surface area contributed by atoms with Crippen molar-refractivity contribution in [1.82, 2.24) is 0 Å². The molecular weight excluding hydrogens is 316 g/mol. The first-order valence-electron chi connectivity index (χ1n) is 9.79. The van der Waals surface area contributed by atoms with E-state index in [1.807, 2.05) is 11.3 Å². The lowest BCUT2D eigenvalue weighted by atomic mass is 9.78. The molecule has 0 radical (unpaired) electrons. The van der Waals surface area contributed by atoms with Crippen LogP contribution in [0.2, 0.25) is 0 Å². The van der Waals surface area contributed by atoms with Crippen molar-refractivity contribution in [3.63, 3.8) is 0 Å². The zero-order chi connectivity index (χ0) is 16.1. The molecule has 0 bridgehead atoms. The summed E-state index contributed by atoms with van der Waals surface area (Å²) in [4.78, 5) is 3.20. The van der Waals surface area contributed by atoms with Crippen molar-refractivity contribution in [2.24, 2.45) is 11.8 Å². The minimum absolute atomic E-state index is 1.00. The quantitative estimate of drug-likeness (QED) is 0.455. The molecule has 1 saturated carbocycles. The fraction of sp³-hybridized carbons (Fsp3) is 0.714. The molecule has 2 heteroatoms. The molecule has 128 valence electrons. The first kappa shape index (κ1) is 17.5. The molecule has 2 aromatic heterocycles. The summed E-state index contributed by atoms with van der Waals surface area (Å²) in [5, 5.41) is 0. The highest BCUT2D eigenvalue weighted by molar-refractivity contribution is 7.27. The van der Waals surface area contributed by atoms with Crippen LogP contribution in [0.3, 0.4) is 0 Å². The summed E-state index contributed by atoms with van der Waals surface area (Å²) in [5.74, 6) is 2.05. The van der Waals surface area contributed by atoms with Crippen molar-refractivity contribution in [3.05, 3.63) is 21.9 Å². The maximum absolute atomic E-state index is 2.48. The molecule has 0 aromatic carbocycles. The zero-order valence-corrected chi connectivity index (χ0v) is 16.5. The third-order valence-electron chi connectivity index (χ3n) is 5.54. The molecule has 0 unspecified atom stereocenters. The second kappa shape index (κ2) is 8.67. The van der Waals surface area contributed by atoms with Gasteiger partial charge in [0.15, 0.2) is 0 Å². The highest BCUT2D eigenvalue weighted by atomic mass is 32.1. The minimum Gasteiger partial charge on any atom is -0.139 e. The number of hydrogen-bond acceptors (Lipinski definition) is 2. The highest BCUT2D eigenvalue weighted by Gasteiger charge is 2.20. The van der Waals surface area contributed by atoms with Crippen LogP contribution in [0.5, 0.6) is 0 Å². The van der Waals surface area contributed by atoms with E-state index in [9.17, 15) is 0 Å². The van der Waals surface area contributed by atoms with E-state index in [4.69, 9.17) is 0 Å². The molecule has 0 atom stereocenters. The molecule has 2 heterocycles. The minimum atomic E-state index is 1.00. The van der Waals surface area contributed by atoms with E-state index >= 15 is 0 Å². The monoisotopic (exact) mass is 348 g/mol. The first-order chi connectivity index (χ1) is 11.3. The molecule has 1 fully saturated rings. The molecule has 1 aliphatic carbocycles. The summed E-state index contributed by atoms with van der Waals surface area (Å²) in [6.07, 6.45) is 15.6. The summed E-state index contributed by atoms with van der Waals surface area (Å²) in [7, 11) is 0. The molecule has 23 heavy (non-hydrogen) atoms. The number of aryl methyl sites for hydroxylation is 2. The Kier molecular flexibility index (Phi) is 6.59. The van der Waals surface area contributed by atoms with Crippen molar-refractivity contribution in [2.45, 2.75) is 84.5 Å². The van der Waals surface area contributed by atoms with Crippen LogP contribution < -0.4 is 0 Å². The van der Waals surface area contributed by atoms with Gasteiger partial charge in [0, 0.05) is 19.2 Å². The van der Waals surface area contributed by atoms with Crippen LogP contribution in [-0.4, -0.2) is 0 Å². The van der Waals surface area contributed by atoms with E-state index < -0.39 is 0 Å². The number of rotatable bonds is 8. The van der Waals surface area contributed by atoms with Crippen LogP contribution in [0, 0.1) is 11.8 Å². The fourth-order valence-electron chi connectivity index (χ4n) is 4.08. The second-order valence-corrected chi connectivity index (χ2v) is 9.81. The highest BCUT2D eigenvalue weighted by Crippen LogP contribution is 2.37. The molecule has 0 amide bonds. The predicted molar refractivity (Wildman–Crippen MR) is 107 cm³/mol. The first-order valence-corrected chi connectivity index (χ1v) is 11.4. The fourth-order valence-corrected chi connectivity index (χ4v) is 6.64. The molecule has 2 aromatic rings. The van der Waals surface area contributed by atoms with Crippen molar-refractivity contribution >= 4 is 32.1 Å². The van der Waals surface area contributed by atoms with Crippen LogP contribution in [0.15, 0.2) is 12.1 Å². The molecule has 3 rings (SSSR count). The number of hydrogen-bond donors (Lipinski definition) is 0. The van der Waals surface area contributed by atoms with E-state index in [0.29, 0.717) is 0 Å². The summed E-state index contributed by atoms with van der Waals surface area (Å²) >= 11 is 4.08. The average molecular weight is 349 g/mol. The van der Waals surface area contributed by atoms with Gasteiger partial charge in [-0.05, 0) is 43.2 Å². The third kappa shape index (κ3) is 4.82. The smallest absolute Gasteiger partial charge is 0.0456 e. The Morgan fingerprint density at radius 3 is 1.91 bits per heavy atom. The molecular formula is C21H32S2. The van der Waals surface area contributed by atoms with E-state index in [-0.39, 0.29) is 0 Å². The Bertz CT molecular complexity index is 553. The topological polar surface area (TPSA) is 0 Å². The maximum Gasteiger partial charge on any atom is 0.0456 e. The Balaban J connectivity index is 1.44. The van der Waals surface area contributed by atoms with Crippen LogP contribution >= 0.6 is 22.7 Å². The molecule has 0 spiro atoms. The van der Waals surface area contributed by atoms with Crippen LogP contribution in [-0.2, 0) is 12.8 Å². The predicted octanol–water partition coefficient (Wildman–Crippen LogP) is 7.84. The van der Waals surface area contributed by atoms with Crippen molar-refractivity contribution in [1.29, 1.82) is 0 Å². The lowest BCUT2D eigenvalue weighted by Crippen LogP contribution is -2.15. The standard InChI is InChI=1S/C21H32S2/c1-3-5-7-16-8-10-17(11-9-16)12-13-19-15-21-20(23-19)14-18(22-21)6-4-2/h14-17H,3-13H2,1-2H3/t16-,17-. The SMILES string of the molecule is CCCC[C@H]1CC[C@H](CCc2cc3sc(CCC)cc3s2)CC1. The average Bonchev–Trinajstić information content (AvgIpc) is 3.10. The van der Waals surface area contributed by atoms with Gasteiger partial charge in [-0.1, -0.05) is 65.2 Å². The number of thiophene rings is 2. The van der Waals surface area contributed by atoms with E-state index in [0.717, 1.165) is 11.8 Å². The normalized spacial score (nSPS) is 22.0. The van der Waals surface area contributed by atoms with Gasteiger partial charge in [-0.25, -0.2) is 0 Å². The van der Waals surface area contributed by atoms with Gasteiger partial charge in [0.2, 0.25) is 0 Å². The van der Waals surface area contributed by atoms with Gasteiger partial charge in [-0.3, -0.25) is 0 Å². The Hall–Kier alpha value is -0.340. The van der Waals surface area contributed by atoms with Crippen LogP contribution in [0.25, 0.3) is 9.40 Å². The second-order valence-electron chi connectivity index (χ2n) is 7.47. The molecule has 1 aliphatic rings. The Morgan fingerprint density at radius 2 is 1.35 bits per heavy atom. The van der Waals surface area contributed by atoms with Crippen LogP contribution in [0.4, 0.5) is 0 Å².